The predicted octanol–water partition coefficient (Wildman–Crippen LogP) is 0.967. The number of nitrogens with zero attached hydrogens (tertiary/aromatic N) is 3. The molecule has 2 heterocycles. The van der Waals surface area contributed by atoms with E-state index in [1.807, 2.05) is 4.90 Å². The van der Waals surface area contributed by atoms with Crippen LogP contribution in [0.4, 0.5) is 5.82 Å². The quantitative estimate of drug-likeness (QED) is 0.818. The number of rotatable bonds is 5. The molecule has 0 aliphatic carbocycles. The molecule has 1 N–H and O–H groups in total. The zero-order valence-corrected chi connectivity index (χ0v) is 12.4. The fourth-order valence-corrected chi connectivity index (χ4v) is 2.59. The van der Waals surface area contributed by atoms with Gasteiger partial charge in [-0.1, -0.05) is 0 Å². The van der Waals surface area contributed by atoms with Crippen molar-refractivity contribution in [1.29, 1.82) is 0 Å². The Hall–Kier alpha value is -1.37. The fraction of sp³-hybridized carbons (Fsp3) is 0.583. The molecule has 104 valence electrons. The summed E-state index contributed by atoms with van der Waals surface area (Å²) in [7, 11) is 1.68. The average molecular weight is 329 g/mol. The van der Waals surface area contributed by atoms with E-state index in [0.717, 1.165) is 25.9 Å². The molecular weight excluding hydrogens is 312 g/mol. The summed E-state index contributed by atoms with van der Waals surface area (Å²) < 4.78 is 2.09. The van der Waals surface area contributed by atoms with E-state index in [1.54, 1.807) is 13.2 Å². The maximum atomic E-state index is 11.8. The van der Waals surface area contributed by atoms with Gasteiger partial charge in [0.15, 0.2) is 5.82 Å². The van der Waals surface area contributed by atoms with Crippen LogP contribution in [0.1, 0.15) is 19.3 Å². The number of aryl methyl sites for hydroxylation is 1. The SMILES string of the molecule is Cn1cc(Br)nc(NCCCN2CCCC2=O)c1=O. The standard InChI is InChI=1S/C12H17BrN4O2/c1-16-8-9(13)15-11(12(16)19)14-5-3-7-17-6-2-4-10(17)18/h8H,2-7H2,1H3,(H,14,15). The molecule has 19 heavy (non-hydrogen) atoms. The molecule has 6 nitrogen and oxygen atoms in total. The normalized spacial score (nSPS) is 15.1. The Morgan fingerprint density at radius 2 is 2.26 bits per heavy atom. The number of aromatic nitrogens is 2. The highest BCUT2D eigenvalue weighted by Gasteiger charge is 2.18. The summed E-state index contributed by atoms with van der Waals surface area (Å²) in [5.41, 5.74) is -0.152. The monoisotopic (exact) mass is 328 g/mol. The Labute approximate surface area is 119 Å². The number of amides is 1. The van der Waals surface area contributed by atoms with E-state index in [2.05, 4.69) is 26.2 Å². The van der Waals surface area contributed by atoms with E-state index >= 15 is 0 Å². The minimum Gasteiger partial charge on any atom is -0.365 e. The Bertz CT molecular complexity index is 529. The Morgan fingerprint density at radius 1 is 1.47 bits per heavy atom. The van der Waals surface area contributed by atoms with Crippen LogP contribution < -0.4 is 10.9 Å². The lowest BCUT2D eigenvalue weighted by Gasteiger charge is -2.15. The summed E-state index contributed by atoms with van der Waals surface area (Å²) >= 11 is 3.25. The van der Waals surface area contributed by atoms with Gasteiger partial charge >= 0.3 is 0 Å². The van der Waals surface area contributed by atoms with Crippen molar-refractivity contribution in [1.82, 2.24) is 14.5 Å². The molecule has 1 aromatic rings. The second-order valence-corrected chi connectivity index (χ2v) is 5.41. The minimum absolute atomic E-state index is 0.152. The molecule has 1 aromatic heterocycles. The maximum absolute atomic E-state index is 11.8. The second-order valence-electron chi connectivity index (χ2n) is 4.59. The molecule has 0 spiro atoms. The smallest absolute Gasteiger partial charge is 0.293 e. The summed E-state index contributed by atoms with van der Waals surface area (Å²) in [5.74, 6) is 0.570. The Morgan fingerprint density at radius 3 is 2.95 bits per heavy atom. The van der Waals surface area contributed by atoms with Gasteiger partial charge in [-0.3, -0.25) is 9.59 Å². The van der Waals surface area contributed by atoms with Crippen LogP contribution in [-0.4, -0.2) is 40.0 Å². The highest BCUT2D eigenvalue weighted by Crippen LogP contribution is 2.10. The number of nitrogens with one attached hydrogen (secondary N) is 1. The molecule has 0 unspecified atom stereocenters. The van der Waals surface area contributed by atoms with Crippen LogP contribution in [0.3, 0.4) is 0 Å². The van der Waals surface area contributed by atoms with Gasteiger partial charge in [0.1, 0.15) is 4.60 Å². The van der Waals surface area contributed by atoms with Gasteiger partial charge in [0.05, 0.1) is 0 Å². The van der Waals surface area contributed by atoms with Crippen molar-refractivity contribution in [3.05, 3.63) is 21.2 Å². The van der Waals surface area contributed by atoms with Crippen molar-refractivity contribution in [3.63, 3.8) is 0 Å². The highest BCUT2D eigenvalue weighted by atomic mass is 79.9. The number of carbonyl (C=O) groups excluding carboxylic acids is 1. The van der Waals surface area contributed by atoms with E-state index in [-0.39, 0.29) is 11.5 Å². The zero-order valence-electron chi connectivity index (χ0n) is 10.9. The van der Waals surface area contributed by atoms with Crippen molar-refractivity contribution < 1.29 is 4.79 Å². The first-order chi connectivity index (χ1) is 9.08. The molecule has 0 saturated carbocycles. The molecule has 2 rings (SSSR count). The Kier molecular flexibility index (Phi) is 4.57. The van der Waals surface area contributed by atoms with Crippen molar-refractivity contribution in [2.75, 3.05) is 25.0 Å². The van der Waals surface area contributed by atoms with Crippen LogP contribution in [0.2, 0.25) is 0 Å². The lowest BCUT2D eigenvalue weighted by Crippen LogP contribution is -2.28. The molecular formula is C12H17BrN4O2. The number of likely N-dealkylation sites (tertiary alicyclic amines) is 1. The largest absolute Gasteiger partial charge is 0.365 e. The van der Waals surface area contributed by atoms with Crippen LogP contribution in [0, 0.1) is 0 Å². The lowest BCUT2D eigenvalue weighted by atomic mass is 10.4. The topological polar surface area (TPSA) is 67.2 Å². The second kappa shape index (κ2) is 6.18. The zero-order chi connectivity index (χ0) is 13.8. The molecule has 0 atom stereocenters. The molecule has 1 amide bonds. The molecule has 0 aromatic carbocycles. The van der Waals surface area contributed by atoms with Crippen molar-refractivity contribution in [2.24, 2.45) is 7.05 Å². The summed E-state index contributed by atoms with van der Waals surface area (Å²) in [6.07, 6.45) is 4.06. The number of hydrogen-bond acceptors (Lipinski definition) is 4. The Balaban J connectivity index is 1.83. The average Bonchev–Trinajstić information content (AvgIpc) is 2.76. The van der Waals surface area contributed by atoms with Crippen molar-refractivity contribution >= 4 is 27.7 Å². The van der Waals surface area contributed by atoms with Gasteiger partial charge in [-0.2, -0.15) is 0 Å². The molecule has 7 heteroatoms. The van der Waals surface area contributed by atoms with Crippen LogP contribution in [-0.2, 0) is 11.8 Å². The number of anilines is 1. The lowest BCUT2D eigenvalue weighted by molar-refractivity contribution is -0.127. The first kappa shape index (κ1) is 14.0. The van der Waals surface area contributed by atoms with Crippen LogP contribution in [0.5, 0.6) is 0 Å². The van der Waals surface area contributed by atoms with Gasteiger partial charge in [-0.15, -0.1) is 0 Å². The number of carbonyl (C=O) groups is 1. The van der Waals surface area contributed by atoms with Crippen LogP contribution >= 0.6 is 15.9 Å². The third-order valence-electron chi connectivity index (χ3n) is 3.11. The summed E-state index contributed by atoms with van der Waals surface area (Å²) in [5, 5.41) is 3.02. The fourth-order valence-electron chi connectivity index (χ4n) is 2.10. The first-order valence-corrected chi connectivity index (χ1v) is 7.12. The third kappa shape index (κ3) is 3.56. The maximum Gasteiger partial charge on any atom is 0.293 e. The molecule has 1 saturated heterocycles. The van der Waals surface area contributed by atoms with Gasteiger partial charge in [0, 0.05) is 39.3 Å². The van der Waals surface area contributed by atoms with Gasteiger partial charge < -0.3 is 14.8 Å². The molecule has 1 aliphatic rings. The molecule has 1 fully saturated rings. The van der Waals surface area contributed by atoms with Gasteiger partial charge in [-0.05, 0) is 28.8 Å². The number of hydrogen-bond donors (Lipinski definition) is 1. The van der Waals surface area contributed by atoms with Gasteiger partial charge in [0.2, 0.25) is 5.91 Å². The third-order valence-corrected chi connectivity index (χ3v) is 3.49. The summed E-state index contributed by atoms with van der Waals surface area (Å²) in [6, 6.07) is 0. The molecule has 1 aliphatic heterocycles. The number of halogens is 1. The van der Waals surface area contributed by atoms with E-state index in [9.17, 15) is 9.59 Å². The van der Waals surface area contributed by atoms with Gasteiger partial charge in [-0.25, -0.2) is 4.98 Å². The van der Waals surface area contributed by atoms with E-state index in [1.165, 1.54) is 4.57 Å². The van der Waals surface area contributed by atoms with Crippen molar-refractivity contribution in [2.45, 2.75) is 19.3 Å². The predicted molar refractivity (Wildman–Crippen MR) is 76.1 cm³/mol. The van der Waals surface area contributed by atoms with Crippen LogP contribution in [0.25, 0.3) is 0 Å². The van der Waals surface area contributed by atoms with E-state index in [4.69, 9.17) is 0 Å². The van der Waals surface area contributed by atoms with E-state index in [0.29, 0.717) is 23.4 Å². The summed E-state index contributed by atoms with van der Waals surface area (Å²) in [4.78, 5) is 29.2. The molecule has 0 radical (unpaired) electrons. The van der Waals surface area contributed by atoms with Crippen LogP contribution in [0.15, 0.2) is 15.6 Å². The highest BCUT2D eigenvalue weighted by molar-refractivity contribution is 9.10. The van der Waals surface area contributed by atoms with Crippen molar-refractivity contribution in [3.8, 4) is 0 Å². The van der Waals surface area contributed by atoms with E-state index < -0.39 is 0 Å². The first-order valence-electron chi connectivity index (χ1n) is 6.33. The van der Waals surface area contributed by atoms with Gasteiger partial charge in [0.25, 0.3) is 5.56 Å². The summed E-state index contributed by atoms with van der Waals surface area (Å²) in [6.45, 7) is 2.22. The molecule has 0 bridgehead atoms. The minimum atomic E-state index is -0.152.